The molecule has 23 heavy (non-hydrogen) atoms. The molecule has 0 bridgehead atoms. The van der Waals surface area contributed by atoms with Gasteiger partial charge in [-0.25, -0.2) is 0 Å². The van der Waals surface area contributed by atoms with Crippen LogP contribution in [0.1, 0.15) is 32.6 Å². The van der Waals surface area contributed by atoms with Crippen molar-refractivity contribution in [1.29, 1.82) is 0 Å². The maximum Gasteiger partial charge on any atom is 0.306 e. The Morgan fingerprint density at radius 1 is 1.26 bits per heavy atom. The molecule has 0 aromatic heterocycles. The monoisotopic (exact) mass is 359 g/mol. The van der Waals surface area contributed by atoms with Gasteiger partial charge in [-0.05, 0) is 44.7 Å². The normalized spacial score (nSPS) is 22.2. The van der Waals surface area contributed by atoms with E-state index < -0.39 is 12.1 Å². The van der Waals surface area contributed by atoms with Crippen molar-refractivity contribution < 1.29 is 19.4 Å². The third-order valence-corrected chi connectivity index (χ3v) is 4.81. The summed E-state index contributed by atoms with van der Waals surface area (Å²) in [6.07, 6.45) is 1.76. The lowest BCUT2D eigenvalue weighted by Crippen LogP contribution is -2.44. The predicted molar refractivity (Wildman–Crippen MR) is 88.1 cm³/mol. The van der Waals surface area contributed by atoms with Crippen LogP contribution in [0.4, 0.5) is 0 Å². The van der Waals surface area contributed by atoms with Crippen LogP contribution in [0, 0.1) is 5.92 Å². The summed E-state index contributed by atoms with van der Waals surface area (Å²) in [5, 5.41) is 12.5. The Kier molecular flexibility index (Phi) is 6.13. The lowest BCUT2D eigenvalue weighted by atomic mass is 9.86. The molecule has 126 valence electrons. The highest BCUT2D eigenvalue weighted by atomic mass is 35.5. The van der Waals surface area contributed by atoms with Gasteiger partial charge in [0.1, 0.15) is 10.8 Å². The second-order valence-corrected chi connectivity index (χ2v) is 6.49. The van der Waals surface area contributed by atoms with Crippen molar-refractivity contribution in [3.63, 3.8) is 0 Å². The topological polar surface area (TPSA) is 75.6 Å². The summed E-state index contributed by atoms with van der Waals surface area (Å²) < 4.78 is 5.57. The van der Waals surface area contributed by atoms with Gasteiger partial charge in [-0.2, -0.15) is 0 Å². The van der Waals surface area contributed by atoms with Crippen LogP contribution in [-0.2, 0) is 9.59 Å². The van der Waals surface area contributed by atoms with Crippen LogP contribution in [0.2, 0.25) is 10.0 Å². The summed E-state index contributed by atoms with van der Waals surface area (Å²) in [4.78, 5) is 23.1. The number of rotatable bonds is 5. The number of benzene rings is 1. The summed E-state index contributed by atoms with van der Waals surface area (Å²) in [6.45, 7) is 1.63. The standard InChI is InChI=1S/C16H19Cl2NO4/c1-9(23-13-4-2-3-12(17)14(13)18)15(20)19-11-7-5-10(6-8-11)16(21)22/h2-4,9-11H,5-8H2,1H3,(H,19,20)(H,21,22). The molecule has 7 heteroatoms. The molecule has 2 N–H and O–H groups in total. The highest BCUT2D eigenvalue weighted by Gasteiger charge is 2.28. The quantitative estimate of drug-likeness (QED) is 0.843. The Morgan fingerprint density at radius 2 is 1.91 bits per heavy atom. The van der Waals surface area contributed by atoms with Crippen LogP contribution in [0.3, 0.4) is 0 Å². The van der Waals surface area contributed by atoms with Crippen LogP contribution in [-0.4, -0.2) is 29.1 Å². The van der Waals surface area contributed by atoms with Gasteiger partial charge in [0.15, 0.2) is 6.10 Å². The first-order chi connectivity index (χ1) is 10.9. The highest BCUT2D eigenvalue weighted by Crippen LogP contribution is 2.32. The molecule has 1 aliphatic rings. The molecule has 1 atom stereocenters. The Labute approximate surface area is 144 Å². The van der Waals surface area contributed by atoms with Gasteiger partial charge in [-0.3, -0.25) is 9.59 Å². The number of carboxylic acid groups (broad SMARTS) is 1. The molecule has 0 saturated heterocycles. The van der Waals surface area contributed by atoms with Gasteiger partial charge in [0.2, 0.25) is 0 Å². The predicted octanol–water partition coefficient (Wildman–Crippen LogP) is 3.52. The minimum atomic E-state index is -0.762. The smallest absolute Gasteiger partial charge is 0.306 e. The number of amides is 1. The molecule has 1 aromatic carbocycles. The van der Waals surface area contributed by atoms with Crippen LogP contribution >= 0.6 is 23.2 Å². The molecule has 5 nitrogen and oxygen atoms in total. The van der Waals surface area contributed by atoms with E-state index in [0.29, 0.717) is 36.5 Å². The Balaban J connectivity index is 1.86. The van der Waals surface area contributed by atoms with Crippen molar-refractivity contribution >= 4 is 35.1 Å². The first-order valence-corrected chi connectivity index (χ1v) is 8.28. The highest BCUT2D eigenvalue weighted by molar-refractivity contribution is 6.42. The largest absolute Gasteiger partial charge is 0.481 e. The van der Waals surface area contributed by atoms with E-state index in [2.05, 4.69) is 5.32 Å². The van der Waals surface area contributed by atoms with Crippen molar-refractivity contribution in [2.75, 3.05) is 0 Å². The number of nitrogens with one attached hydrogen (secondary N) is 1. The van der Waals surface area contributed by atoms with E-state index in [1.165, 1.54) is 0 Å². The molecule has 1 unspecified atom stereocenters. The Hall–Kier alpha value is -1.46. The number of halogens is 2. The zero-order valence-electron chi connectivity index (χ0n) is 12.7. The molecule has 0 spiro atoms. The van der Waals surface area contributed by atoms with E-state index in [1.807, 2.05) is 0 Å². The average molecular weight is 360 g/mol. The van der Waals surface area contributed by atoms with Gasteiger partial charge >= 0.3 is 5.97 Å². The van der Waals surface area contributed by atoms with Crippen LogP contribution in [0.15, 0.2) is 18.2 Å². The van der Waals surface area contributed by atoms with Crippen LogP contribution in [0.25, 0.3) is 0 Å². The average Bonchev–Trinajstić information content (AvgIpc) is 2.52. The van der Waals surface area contributed by atoms with Gasteiger partial charge in [0.25, 0.3) is 5.91 Å². The molecular weight excluding hydrogens is 341 g/mol. The fourth-order valence-corrected chi connectivity index (χ4v) is 2.96. The molecule has 1 aromatic rings. The number of hydrogen-bond donors (Lipinski definition) is 2. The van der Waals surface area contributed by atoms with Crippen molar-refractivity contribution in [2.24, 2.45) is 5.92 Å². The number of ether oxygens (including phenoxy) is 1. The Morgan fingerprint density at radius 3 is 2.52 bits per heavy atom. The van der Waals surface area contributed by atoms with E-state index in [9.17, 15) is 9.59 Å². The van der Waals surface area contributed by atoms with Crippen molar-refractivity contribution in [1.82, 2.24) is 5.32 Å². The first kappa shape index (κ1) is 17.9. The van der Waals surface area contributed by atoms with Crippen molar-refractivity contribution in [3.05, 3.63) is 28.2 Å². The number of hydrogen-bond acceptors (Lipinski definition) is 3. The van der Waals surface area contributed by atoms with Gasteiger partial charge in [0, 0.05) is 6.04 Å². The summed E-state index contributed by atoms with van der Waals surface area (Å²) in [5.41, 5.74) is 0. The Bertz CT molecular complexity index is 585. The number of carbonyl (C=O) groups excluding carboxylic acids is 1. The molecule has 1 aliphatic carbocycles. The number of carboxylic acids is 1. The molecule has 1 amide bonds. The summed E-state index contributed by atoms with van der Waals surface area (Å²) in [6, 6.07) is 4.97. The van der Waals surface area contributed by atoms with Gasteiger partial charge in [-0.1, -0.05) is 29.3 Å². The summed E-state index contributed by atoms with van der Waals surface area (Å²) in [5.74, 6) is -0.958. The molecular formula is C16H19Cl2NO4. The minimum absolute atomic E-state index is 0.0148. The number of carbonyl (C=O) groups is 2. The van der Waals surface area contributed by atoms with Gasteiger partial charge < -0.3 is 15.2 Å². The lowest BCUT2D eigenvalue weighted by molar-refractivity contribution is -0.142. The molecule has 1 saturated carbocycles. The first-order valence-electron chi connectivity index (χ1n) is 7.52. The zero-order chi connectivity index (χ0) is 17.0. The van der Waals surface area contributed by atoms with E-state index in [0.717, 1.165) is 0 Å². The molecule has 0 aliphatic heterocycles. The van der Waals surface area contributed by atoms with Crippen LogP contribution < -0.4 is 10.1 Å². The van der Waals surface area contributed by atoms with E-state index in [1.54, 1.807) is 25.1 Å². The summed E-state index contributed by atoms with van der Waals surface area (Å²) in [7, 11) is 0. The van der Waals surface area contributed by atoms with E-state index >= 15 is 0 Å². The van der Waals surface area contributed by atoms with E-state index in [-0.39, 0.29) is 22.9 Å². The fourth-order valence-electron chi connectivity index (χ4n) is 2.62. The van der Waals surface area contributed by atoms with Gasteiger partial charge in [0.05, 0.1) is 10.9 Å². The maximum atomic E-state index is 12.2. The zero-order valence-corrected chi connectivity index (χ0v) is 14.2. The maximum absolute atomic E-state index is 12.2. The third kappa shape index (κ3) is 4.75. The SMILES string of the molecule is CC(Oc1cccc(Cl)c1Cl)C(=O)NC1CCC(C(=O)O)CC1. The van der Waals surface area contributed by atoms with E-state index in [4.69, 9.17) is 33.0 Å². The number of aliphatic carboxylic acids is 1. The van der Waals surface area contributed by atoms with Crippen molar-refractivity contribution in [2.45, 2.75) is 44.8 Å². The lowest BCUT2D eigenvalue weighted by Gasteiger charge is -2.28. The molecule has 0 radical (unpaired) electrons. The molecule has 1 fully saturated rings. The second kappa shape index (κ2) is 7.88. The fraction of sp³-hybridized carbons (Fsp3) is 0.500. The molecule has 2 rings (SSSR count). The van der Waals surface area contributed by atoms with Crippen molar-refractivity contribution in [3.8, 4) is 5.75 Å². The van der Waals surface area contributed by atoms with Crippen LogP contribution in [0.5, 0.6) is 5.75 Å². The second-order valence-electron chi connectivity index (χ2n) is 5.71. The third-order valence-electron chi connectivity index (χ3n) is 4.01. The van der Waals surface area contributed by atoms with Gasteiger partial charge in [-0.15, -0.1) is 0 Å². The summed E-state index contributed by atoms with van der Waals surface area (Å²) >= 11 is 11.9. The molecule has 0 heterocycles. The minimum Gasteiger partial charge on any atom is -0.481 e.